The topological polar surface area (TPSA) is 93.1 Å². The molecule has 2 unspecified atom stereocenters. The zero-order chi connectivity index (χ0) is 28.1. The monoisotopic (exact) mass is 672 g/mol. The molecule has 2 atom stereocenters. The molecule has 0 amide bonds. The Morgan fingerprint density at radius 2 is 1.03 bits per heavy atom. The summed E-state index contributed by atoms with van der Waals surface area (Å²) in [6.07, 6.45) is 12.1. The Balaban J connectivity index is 4.96. The van der Waals surface area contributed by atoms with E-state index in [9.17, 15) is 19.8 Å². The average Bonchev–Trinajstić information content (AvgIpc) is 2.84. The van der Waals surface area contributed by atoms with Gasteiger partial charge in [0.05, 0.1) is 0 Å². The zero-order valence-corrected chi connectivity index (χ0v) is 29.0. The number of aliphatic hydroxyl groups is 2. The van der Waals surface area contributed by atoms with Gasteiger partial charge >= 0.3 is 242 Å². The van der Waals surface area contributed by atoms with E-state index in [1.807, 2.05) is 13.8 Å². The molecule has 0 aliphatic carbocycles. The van der Waals surface area contributed by atoms with Crippen LogP contribution in [0.1, 0.15) is 119 Å². The van der Waals surface area contributed by atoms with E-state index in [0.29, 0.717) is 32.2 Å². The molecule has 37 heavy (non-hydrogen) atoms. The van der Waals surface area contributed by atoms with Gasteiger partial charge in [-0.1, -0.05) is 0 Å². The van der Waals surface area contributed by atoms with Crippen LogP contribution in [0.15, 0.2) is 0 Å². The van der Waals surface area contributed by atoms with Gasteiger partial charge in [-0.05, 0) is 0 Å². The maximum absolute atomic E-state index is 12.9. The van der Waals surface area contributed by atoms with E-state index < -0.39 is 42.0 Å². The first-order chi connectivity index (χ1) is 17.6. The number of hydrogen-bond acceptors (Lipinski definition) is 8. The molecule has 0 aromatic heterocycles. The molecule has 0 saturated carbocycles. The molecule has 9 heteroatoms. The van der Waals surface area contributed by atoms with Crippen molar-refractivity contribution in [3.63, 3.8) is 0 Å². The Morgan fingerprint density at radius 3 is 1.35 bits per heavy atom. The molecule has 0 bridgehead atoms. The Kier molecular flexibility index (Phi) is 23.3. The summed E-state index contributed by atoms with van der Waals surface area (Å²) in [6, 6.07) is 0. The Morgan fingerprint density at radius 1 is 0.649 bits per heavy atom. The predicted octanol–water partition coefficient (Wildman–Crippen LogP) is 7.65. The standard InChI is InChI=1S/2C10H20O3S.2C4H9.Sn/c2*1-8(2)6-4-3-5-7-14-10(13)9(11)12;2*1-3-4-2;/h2*8,10,13H,3-7H2,1-2H3,(H,11,12);2*1,3-4H2,2H3;/q;;;;+2/p-2. The Hall–Kier alpha value is 0.359. The van der Waals surface area contributed by atoms with Crippen LogP contribution in [0.25, 0.3) is 0 Å². The fourth-order valence-corrected chi connectivity index (χ4v) is 15.8. The fourth-order valence-electron chi connectivity index (χ4n) is 3.90. The van der Waals surface area contributed by atoms with Crippen molar-refractivity contribution in [3.05, 3.63) is 0 Å². The van der Waals surface area contributed by atoms with E-state index in [0.717, 1.165) is 64.2 Å². The summed E-state index contributed by atoms with van der Waals surface area (Å²) in [5, 5.41) is 20.9. The number of hydrogen-bond donors (Lipinski definition) is 2. The first-order valence-corrected chi connectivity index (χ1v) is 23.1. The summed E-state index contributed by atoms with van der Waals surface area (Å²) in [4.78, 5) is 25.7. The first kappa shape index (κ1) is 37.4. The maximum atomic E-state index is 12.9. The molecule has 0 heterocycles. The van der Waals surface area contributed by atoms with Crippen LogP contribution in [0.2, 0.25) is 8.87 Å². The van der Waals surface area contributed by atoms with Gasteiger partial charge < -0.3 is 0 Å². The second-order valence-corrected chi connectivity index (χ2v) is 22.5. The fraction of sp³-hybridized carbons (Fsp3) is 0.929. The van der Waals surface area contributed by atoms with Crippen molar-refractivity contribution in [2.24, 2.45) is 11.8 Å². The van der Waals surface area contributed by atoms with Crippen LogP contribution in [-0.4, -0.2) is 63.7 Å². The minimum atomic E-state index is -4.21. The molecule has 0 aliphatic heterocycles. The molecule has 220 valence electrons. The summed E-state index contributed by atoms with van der Waals surface area (Å²) >= 11 is -1.82. The number of carbonyl (C=O) groups excluding carboxylic acids is 2. The first-order valence-electron chi connectivity index (χ1n) is 14.6. The van der Waals surface area contributed by atoms with E-state index in [-0.39, 0.29) is 0 Å². The second-order valence-electron chi connectivity index (χ2n) is 10.9. The second kappa shape index (κ2) is 23.1. The van der Waals surface area contributed by atoms with E-state index in [2.05, 4.69) is 27.7 Å². The normalized spacial score (nSPS) is 13.7. The Bertz CT molecular complexity index is 541. The number of rotatable bonds is 24. The summed E-state index contributed by atoms with van der Waals surface area (Å²) in [5.74, 6) is 1.38. The molecule has 0 saturated heterocycles. The predicted molar refractivity (Wildman–Crippen MR) is 161 cm³/mol. The van der Waals surface area contributed by atoms with E-state index >= 15 is 0 Å². The summed E-state index contributed by atoms with van der Waals surface area (Å²) in [7, 11) is 0. The van der Waals surface area contributed by atoms with E-state index in [1.165, 1.54) is 36.4 Å². The van der Waals surface area contributed by atoms with Crippen LogP contribution in [-0.2, 0) is 15.7 Å². The van der Waals surface area contributed by atoms with Crippen molar-refractivity contribution in [1.29, 1.82) is 0 Å². The van der Waals surface area contributed by atoms with E-state index in [4.69, 9.17) is 6.15 Å². The van der Waals surface area contributed by atoms with Crippen molar-refractivity contribution in [2.45, 2.75) is 138 Å². The molecule has 0 aliphatic rings. The summed E-state index contributed by atoms with van der Waals surface area (Å²) in [5.41, 5.74) is -2.54. The van der Waals surface area contributed by atoms with Crippen LogP contribution in [0.5, 0.6) is 0 Å². The number of thioether (sulfide) groups is 2. The van der Waals surface area contributed by atoms with Crippen LogP contribution in [0.3, 0.4) is 0 Å². The number of aliphatic hydroxyl groups excluding tert-OH is 2. The summed E-state index contributed by atoms with van der Waals surface area (Å²) in [6.45, 7) is 12.9. The molecule has 0 radical (unpaired) electrons. The SMILES string of the molecule is CCC[CH2][Sn]([CH2]CCC)([O]C(=O)C(O)SCCCCCC(C)C)[O]C(=O)C(O)SCCCCCC(C)C. The van der Waals surface area contributed by atoms with Gasteiger partial charge in [-0.3, -0.25) is 0 Å². The molecule has 2 N–H and O–H groups in total. The van der Waals surface area contributed by atoms with Gasteiger partial charge in [-0.15, -0.1) is 0 Å². The quantitative estimate of drug-likeness (QED) is 0.0615. The number of unbranched alkanes of at least 4 members (excludes halogenated alkanes) is 6. The summed E-state index contributed by atoms with van der Waals surface area (Å²) < 4.78 is 13.0. The van der Waals surface area contributed by atoms with Gasteiger partial charge in [0.2, 0.25) is 0 Å². The zero-order valence-electron chi connectivity index (χ0n) is 24.5. The average molecular weight is 672 g/mol. The molecular formula is C28H56O6S2Sn. The van der Waals surface area contributed by atoms with Crippen molar-refractivity contribution in [2.75, 3.05) is 11.5 Å². The molecule has 0 aromatic carbocycles. The molecule has 0 aromatic rings. The molecular weight excluding hydrogens is 615 g/mol. The molecule has 0 fully saturated rings. The third-order valence-electron chi connectivity index (χ3n) is 6.20. The van der Waals surface area contributed by atoms with Crippen LogP contribution in [0.4, 0.5) is 0 Å². The van der Waals surface area contributed by atoms with Gasteiger partial charge in [-0.2, -0.15) is 0 Å². The van der Waals surface area contributed by atoms with Crippen molar-refractivity contribution >= 4 is 54.7 Å². The van der Waals surface area contributed by atoms with Crippen LogP contribution < -0.4 is 0 Å². The Labute approximate surface area is 241 Å². The van der Waals surface area contributed by atoms with Crippen molar-refractivity contribution < 1.29 is 26.0 Å². The van der Waals surface area contributed by atoms with Gasteiger partial charge in [0.1, 0.15) is 0 Å². The van der Waals surface area contributed by atoms with Crippen LogP contribution in [0, 0.1) is 11.8 Å². The van der Waals surface area contributed by atoms with E-state index in [1.54, 1.807) is 0 Å². The molecule has 0 spiro atoms. The van der Waals surface area contributed by atoms with Gasteiger partial charge in [-0.25, -0.2) is 0 Å². The van der Waals surface area contributed by atoms with Gasteiger partial charge in [0, 0.05) is 0 Å². The van der Waals surface area contributed by atoms with Crippen LogP contribution >= 0.6 is 23.5 Å². The molecule has 0 rings (SSSR count). The number of carbonyl (C=O) groups is 2. The third-order valence-corrected chi connectivity index (χ3v) is 17.9. The van der Waals surface area contributed by atoms with Crippen molar-refractivity contribution in [3.8, 4) is 0 Å². The van der Waals surface area contributed by atoms with Gasteiger partial charge in [0.25, 0.3) is 0 Å². The van der Waals surface area contributed by atoms with Crippen molar-refractivity contribution in [1.82, 2.24) is 0 Å². The third kappa shape index (κ3) is 20.0. The van der Waals surface area contributed by atoms with Gasteiger partial charge in [0.15, 0.2) is 0 Å². The minimum absolute atomic E-state index is 0.557. The molecule has 6 nitrogen and oxygen atoms in total.